The van der Waals surface area contributed by atoms with Crippen molar-refractivity contribution in [1.82, 2.24) is 15.6 Å². The molecule has 0 bridgehead atoms. The summed E-state index contributed by atoms with van der Waals surface area (Å²) in [6.07, 6.45) is 2.03. The molecule has 9 heteroatoms. The van der Waals surface area contributed by atoms with E-state index in [1.165, 1.54) is 0 Å². The van der Waals surface area contributed by atoms with E-state index in [4.69, 9.17) is 16.3 Å². The summed E-state index contributed by atoms with van der Waals surface area (Å²) < 4.78 is 5.66. The Morgan fingerprint density at radius 3 is 2.97 bits per heavy atom. The molecule has 3 rings (SSSR count). The van der Waals surface area contributed by atoms with Crippen molar-refractivity contribution in [3.05, 3.63) is 53.2 Å². The molecule has 0 saturated carbocycles. The molecule has 7 nitrogen and oxygen atoms in total. The molecular weight excluding hydrogens is 529 g/mol. The summed E-state index contributed by atoms with van der Waals surface area (Å²) in [4.78, 5) is 11.1. The Morgan fingerprint density at radius 2 is 2.23 bits per heavy atom. The molecule has 1 aliphatic heterocycles. The number of anilines is 1. The standard InChI is InChI=1S/C22H30ClN5O2.HI/c1-3-24-22(26-13-18(29)15-30-19-7-4-6-16(2)12-19)27-17-9-11-28(14-17)21-20(23)8-5-10-25-21;/h4-8,10,12,17-18,29H,3,9,11,13-15H2,1-2H3,(H2,24,26,27);1H. The minimum absolute atomic E-state index is 0. The smallest absolute Gasteiger partial charge is 0.191 e. The van der Waals surface area contributed by atoms with Crippen molar-refractivity contribution in [2.45, 2.75) is 32.4 Å². The largest absolute Gasteiger partial charge is 0.491 e. The van der Waals surface area contributed by atoms with Crippen molar-refractivity contribution in [3.63, 3.8) is 0 Å². The highest BCUT2D eigenvalue weighted by molar-refractivity contribution is 14.0. The zero-order chi connectivity index (χ0) is 21.3. The normalized spacial score (nSPS) is 17.1. The number of aryl methyl sites for hydroxylation is 1. The lowest BCUT2D eigenvalue weighted by Gasteiger charge is -2.20. The lowest BCUT2D eigenvalue weighted by molar-refractivity contribution is 0.114. The molecule has 2 heterocycles. The molecule has 1 saturated heterocycles. The molecule has 3 N–H and O–H groups in total. The Labute approximate surface area is 206 Å². The van der Waals surface area contributed by atoms with E-state index in [0.29, 0.717) is 11.0 Å². The number of aliphatic imine (C=N–C) groups is 1. The van der Waals surface area contributed by atoms with Gasteiger partial charge in [0.05, 0.1) is 11.6 Å². The second kappa shape index (κ2) is 12.9. The van der Waals surface area contributed by atoms with Gasteiger partial charge in [0.1, 0.15) is 24.3 Å². The number of aliphatic hydroxyl groups is 1. The van der Waals surface area contributed by atoms with Crippen LogP contribution in [0.4, 0.5) is 5.82 Å². The number of ether oxygens (including phenoxy) is 1. The number of halogens is 2. The van der Waals surface area contributed by atoms with E-state index >= 15 is 0 Å². The van der Waals surface area contributed by atoms with Gasteiger partial charge in [0.2, 0.25) is 0 Å². The fraction of sp³-hybridized carbons (Fsp3) is 0.455. The molecule has 0 radical (unpaired) electrons. The monoisotopic (exact) mass is 559 g/mol. The number of hydrogen-bond acceptors (Lipinski definition) is 5. The van der Waals surface area contributed by atoms with Crippen molar-refractivity contribution < 1.29 is 9.84 Å². The minimum Gasteiger partial charge on any atom is -0.491 e. The predicted octanol–water partition coefficient (Wildman–Crippen LogP) is 3.24. The number of benzene rings is 1. The summed E-state index contributed by atoms with van der Waals surface area (Å²) in [6, 6.07) is 11.7. The highest BCUT2D eigenvalue weighted by Gasteiger charge is 2.25. The molecule has 2 atom stereocenters. The van der Waals surface area contributed by atoms with Gasteiger partial charge >= 0.3 is 0 Å². The second-order valence-corrected chi connectivity index (χ2v) is 7.79. The quantitative estimate of drug-likeness (QED) is 0.262. The van der Waals surface area contributed by atoms with Crippen LogP contribution in [0.2, 0.25) is 5.02 Å². The van der Waals surface area contributed by atoms with Crippen molar-refractivity contribution in [3.8, 4) is 5.75 Å². The van der Waals surface area contributed by atoms with Crippen LogP contribution in [0, 0.1) is 6.92 Å². The van der Waals surface area contributed by atoms with Gasteiger partial charge in [-0.25, -0.2) is 4.98 Å². The molecule has 31 heavy (non-hydrogen) atoms. The van der Waals surface area contributed by atoms with Crippen LogP contribution in [-0.4, -0.2) is 61.0 Å². The van der Waals surface area contributed by atoms with E-state index in [-0.39, 0.29) is 43.2 Å². The molecule has 170 valence electrons. The van der Waals surface area contributed by atoms with Gasteiger partial charge in [0, 0.05) is 31.9 Å². The number of pyridine rings is 1. The third-order valence-corrected chi connectivity index (χ3v) is 5.10. The lowest BCUT2D eigenvalue weighted by Crippen LogP contribution is -2.45. The summed E-state index contributed by atoms with van der Waals surface area (Å²) in [7, 11) is 0. The number of rotatable bonds is 8. The summed E-state index contributed by atoms with van der Waals surface area (Å²) in [5, 5.41) is 17.6. The van der Waals surface area contributed by atoms with Gasteiger partial charge in [-0.05, 0) is 50.1 Å². The fourth-order valence-corrected chi connectivity index (χ4v) is 3.58. The van der Waals surface area contributed by atoms with Crippen LogP contribution in [0.5, 0.6) is 5.75 Å². The van der Waals surface area contributed by atoms with Gasteiger partial charge in [-0.3, -0.25) is 4.99 Å². The lowest BCUT2D eigenvalue weighted by atomic mass is 10.2. The number of guanidine groups is 1. The van der Waals surface area contributed by atoms with Gasteiger partial charge in [-0.1, -0.05) is 23.7 Å². The first-order valence-corrected chi connectivity index (χ1v) is 10.7. The zero-order valence-corrected chi connectivity index (χ0v) is 21.0. The maximum Gasteiger partial charge on any atom is 0.191 e. The maximum absolute atomic E-state index is 10.3. The van der Waals surface area contributed by atoms with Gasteiger partial charge in [0.15, 0.2) is 5.96 Å². The van der Waals surface area contributed by atoms with Crippen molar-refractivity contribution in [1.29, 1.82) is 0 Å². The van der Waals surface area contributed by atoms with Crippen LogP contribution in [0.1, 0.15) is 18.9 Å². The molecule has 1 aromatic carbocycles. The maximum atomic E-state index is 10.3. The minimum atomic E-state index is -0.687. The molecule has 1 fully saturated rings. The topological polar surface area (TPSA) is 82.0 Å². The fourth-order valence-electron chi connectivity index (χ4n) is 3.34. The van der Waals surface area contributed by atoms with E-state index in [1.54, 1.807) is 6.20 Å². The number of aliphatic hydroxyl groups excluding tert-OH is 1. The number of aromatic nitrogens is 1. The van der Waals surface area contributed by atoms with Gasteiger partial charge < -0.3 is 25.4 Å². The molecule has 2 unspecified atom stereocenters. The van der Waals surface area contributed by atoms with E-state index in [1.807, 2.05) is 50.2 Å². The Balaban J connectivity index is 0.00000341. The van der Waals surface area contributed by atoms with Crippen LogP contribution in [-0.2, 0) is 0 Å². The number of hydrogen-bond donors (Lipinski definition) is 3. The summed E-state index contributed by atoms with van der Waals surface area (Å²) >= 11 is 6.27. The van der Waals surface area contributed by atoms with E-state index in [2.05, 4.69) is 25.5 Å². The zero-order valence-electron chi connectivity index (χ0n) is 17.9. The Hall–Kier alpha value is -1.78. The summed E-state index contributed by atoms with van der Waals surface area (Å²) in [6.45, 7) is 6.88. The predicted molar refractivity (Wildman–Crippen MR) is 137 cm³/mol. The first-order valence-electron chi connectivity index (χ1n) is 10.3. The first-order chi connectivity index (χ1) is 14.5. The van der Waals surface area contributed by atoms with Gasteiger partial charge in [0.25, 0.3) is 0 Å². The molecule has 0 amide bonds. The van der Waals surface area contributed by atoms with Gasteiger partial charge in [-0.2, -0.15) is 0 Å². The highest BCUT2D eigenvalue weighted by atomic mass is 127. The van der Waals surface area contributed by atoms with Crippen LogP contribution in [0.3, 0.4) is 0 Å². The van der Waals surface area contributed by atoms with Crippen molar-refractivity contribution >= 4 is 47.4 Å². The Morgan fingerprint density at radius 1 is 1.39 bits per heavy atom. The highest BCUT2D eigenvalue weighted by Crippen LogP contribution is 2.25. The SMILES string of the molecule is CCNC(=NCC(O)COc1cccc(C)c1)NC1CCN(c2ncccc2Cl)C1.I. The average molecular weight is 560 g/mol. The third-order valence-electron chi connectivity index (χ3n) is 4.80. The second-order valence-electron chi connectivity index (χ2n) is 7.39. The first kappa shape index (κ1) is 25.5. The third kappa shape index (κ3) is 8.01. The number of nitrogens with one attached hydrogen (secondary N) is 2. The number of nitrogens with zero attached hydrogens (tertiary/aromatic N) is 3. The van der Waals surface area contributed by atoms with Crippen molar-refractivity contribution in [2.24, 2.45) is 4.99 Å². The molecular formula is C22H31ClIN5O2. The van der Waals surface area contributed by atoms with Crippen LogP contribution >= 0.6 is 35.6 Å². The molecule has 0 spiro atoms. The Bertz CT molecular complexity index is 854. The van der Waals surface area contributed by atoms with E-state index in [0.717, 1.165) is 43.2 Å². The van der Waals surface area contributed by atoms with Crippen LogP contribution < -0.4 is 20.3 Å². The molecule has 2 aromatic rings. The van der Waals surface area contributed by atoms with Crippen molar-refractivity contribution in [2.75, 3.05) is 37.7 Å². The molecule has 0 aliphatic carbocycles. The van der Waals surface area contributed by atoms with Gasteiger partial charge in [-0.15, -0.1) is 24.0 Å². The summed E-state index contributed by atoms with van der Waals surface area (Å²) in [5.41, 5.74) is 1.12. The van der Waals surface area contributed by atoms with E-state index < -0.39 is 6.10 Å². The van der Waals surface area contributed by atoms with Crippen LogP contribution in [0.15, 0.2) is 47.6 Å². The van der Waals surface area contributed by atoms with Crippen LogP contribution in [0.25, 0.3) is 0 Å². The Kier molecular flexibility index (Phi) is 10.6. The molecule has 1 aliphatic rings. The summed E-state index contributed by atoms with van der Waals surface area (Å²) in [5.74, 6) is 2.25. The average Bonchev–Trinajstić information content (AvgIpc) is 3.19. The molecule has 1 aromatic heterocycles. The van der Waals surface area contributed by atoms with E-state index in [9.17, 15) is 5.11 Å².